The standard InChI is InChI=1S/C21H28N4O2S/c1-3-22-21(23-16-17(2)28-18-8-5-4-6-9-18)25-13-11-24(12-14-25)20(26)19-10-7-15-27-19/h4-10,15,17H,3,11-14,16H2,1-2H3,(H,22,23). The van der Waals surface area contributed by atoms with E-state index in [0.717, 1.165) is 32.1 Å². The van der Waals surface area contributed by atoms with Gasteiger partial charge in [0.1, 0.15) is 0 Å². The maximum absolute atomic E-state index is 12.4. The summed E-state index contributed by atoms with van der Waals surface area (Å²) in [4.78, 5) is 22.6. The second kappa shape index (κ2) is 10.2. The maximum Gasteiger partial charge on any atom is 0.289 e. The smallest absolute Gasteiger partial charge is 0.289 e. The molecule has 3 rings (SSSR count). The Morgan fingerprint density at radius 3 is 2.50 bits per heavy atom. The van der Waals surface area contributed by atoms with Crippen LogP contribution in [0.4, 0.5) is 0 Å². The molecule has 1 fully saturated rings. The summed E-state index contributed by atoms with van der Waals surface area (Å²) in [7, 11) is 0. The zero-order chi connectivity index (χ0) is 19.8. The van der Waals surface area contributed by atoms with Crippen LogP contribution in [0.5, 0.6) is 0 Å². The highest BCUT2D eigenvalue weighted by atomic mass is 32.2. The van der Waals surface area contributed by atoms with Gasteiger partial charge in [0, 0.05) is 42.9 Å². The van der Waals surface area contributed by atoms with Gasteiger partial charge >= 0.3 is 0 Å². The van der Waals surface area contributed by atoms with Gasteiger partial charge in [0.25, 0.3) is 5.91 Å². The van der Waals surface area contributed by atoms with Crippen LogP contribution in [-0.2, 0) is 0 Å². The molecular weight excluding hydrogens is 372 g/mol. The van der Waals surface area contributed by atoms with Crippen molar-refractivity contribution in [2.75, 3.05) is 39.3 Å². The first-order valence-electron chi connectivity index (χ1n) is 9.75. The first-order chi connectivity index (χ1) is 13.7. The number of piperazine rings is 1. The van der Waals surface area contributed by atoms with Crippen molar-refractivity contribution in [2.45, 2.75) is 24.0 Å². The van der Waals surface area contributed by atoms with Crippen LogP contribution < -0.4 is 5.32 Å². The van der Waals surface area contributed by atoms with Gasteiger partial charge in [-0.2, -0.15) is 0 Å². The predicted octanol–water partition coefficient (Wildman–Crippen LogP) is 3.18. The van der Waals surface area contributed by atoms with Crippen molar-refractivity contribution in [3.05, 3.63) is 54.5 Å². The second-order valence-corrected chi connectivity index (χ2v) is 8.20. The highest BCUT2D eigenvalue weighted by Crippen LogP contribution is 2.22. The quantitative estimate of drug-likeness (QED) is 0.458. The third-order valence-corrected chi connectivity index (χ3v) is 5.61. The van der Waals surface area contributed by atoms with E-state index in [1.54, 1.807) is 12.1 Å². The Hall–Kier alpha value is -2.41. The summed E-state index contributed by atoms with van der Waals surface area (Å²) in [5.41, 5.74) is 0. The largest absolute Gasteiger partial charge is 0.459 e. The van der Waals surface area contributed by atoms with Crippen LogP contribution in [-0.4, -0.2) is 66.2 Å². The number of guanidine groups is 1. The van der Waals surface area contributed by atoms with Crippen molar-refractivity contribution in [2.24, 2.45) is 4.99 Å². The Kier molecular flexibility index (Phi) is 7.42. The highest BCUT2D eigenvalue weighted by Gasteiger charge is 2.25. The number of thioether (sulfide) groups is 1. The molecule has 0 bridgehead atoms. The molecule has 150 valence electrons. The minimum atomic E-state index is -0.0422. The Bertz CT molecular complexity index is 756. The molecule has 1 atom stereocenters. The second-order valence-electron chi connectivity index (χ2n) is 6.69. The zero-order valence-corrected chi connectivity index (χ0v) is 17.3. The van der Waals surface area contributed by atoms with E-state index >= 15 is 0 Å². The molecule has 1 aliphatic rings. The lowest BCUT2D eigenvalue weighted by molar-refractivity contribution is 0.0657. The van der Waals surface area contributed by atoms with E-state index in [-0.39, 0.29) is 5.91 Å². The van der Waals surface area contributed by atoms with E-state index < -0.39 is 0 Å². The number of aliphatic imine (C=N–C) groups is 1. The predicted molar refractivity (Wildman–Crippen MR) is 114 cm³/mol. The molecule has 0 saturated carbocycles. The molecule has 1 saturated heterocycles. The summed E-state index contributed by atoms with van der Waals surface area (Å²) < 4.78 is 5.23. The van der Waals surface area contributed by atoms with Crippen molar-refractivity contribution in [1.82, 2.24) is 15.1 Å². The Labute approximate surface area is 171 Å². The molecule has 1 aromatic carbocycles. The number of nitrogens with one attached hydrogen (secondary N) is 1. The molecule has 1 amide bonds. The van der Waals surface area contributed by atoms with Gasteiger partial charge in [0.15, 0.2) is 11.7 Å². The molecular formula is C21H28N4O2S. The third kappa shape index (κ3) is 5.55. The molecule has 1 unspecified atom stereocenters. The summed E-state index contributed by atoms with van der Waals surface area (Å²) in [6.45, 7) is 8.70. The number of nitrogens with zero attached hydrogens (tertiary/aromatic N) is 3. The summed E-state index contributed by atoms with van der Waals surface area (Å²) in [5, 5.41) is 3.77. The first-order valence-corrected chi connectivity index (χ1v) is 10.6. The lowest BCUT2D eigenvalue weighted by Crippen LogP contribution is -2.53. The molecule has 1 aliphatic heterocycles. The SMILES string of the molecule is CCNC(=NCC(C)Sc1ccccc1)N1CCN(C(=O)c2ccco2)CC1. The lowest BCUT2D eigenvalue weighted by atomic mass is 10.3. The summed E-state index contributed by atoms with van der Waals surface area (Å²) in [6, 6.07) is 13.9. The molecule has 0 radical (unpaired) electrons. The Morgan fingerprint density at radius 2 is 1.86 bits per heavy atom. The molecule has 2 aromatic rings. The minimum absolute atomic E-state index is 0.0422. The van der Waals surface area contributed by atoms with E-state index in [2.05, 4.69) is 48.3 Å². The van der Waals surface area contributed by atoms with Crippen LogP contribution in [0.1, 0.15) is 24.4 Å². The maximum atomic E-state index is 12.4. The van der Waals surface area contributed by atoms with Crippen LogP contribution >= 0.6 is 11.8 Å². The Balaban J connectivity index is 1.53. The number of benzene rings is 1. The van der Waals surface area contributed by atoms with Gasteiger partial charge in [-0.1, -0.05) is 25.1 Å². The molecule has 28 heavy (non-hydrogen) atoms. The number of carbonyl (C=O) groups is 1. The van der Waals surface area contributed by atoms with Crippen LogP contribution in [0.3, 0.4) is 0 Å². The molecule has 1 aromatic heterocycles. The number of amides is 1. The number of carbonyl (C=O) groups excluding carboxylic acids is 1. The van der Waals surface area contributed by atoms with Gasteiger partial charge in [0.05, 0.1) is 12.8 Å². The van der Waals surface area contributed by atoms with Crippen LogP contribution in [0.25, 0.3) is 0 Å². The van der Waals surface area contributed by atoms with Crippen molar-refractivity contribution < 1.29 is 9.21 Å². The highest BCUT2D eigenvalue weighted by molar-refractivity contribution is 8.00. The van der Waals surface area contributed by atoms with E-state index in [1.807, 2.05) is 22.7 Å². The molecule has 7 heteroatoms. The molecule has 0 spiro atoms. The van der Waals surface area contributed by atoms with E-state index in [0.29, 0.717) is 24.1 Å². The van der Waals surface area contributed by atoms with Gasteiger partial charge in [-0.15, -0.1) is 11.8 Å². The fourth-order valence-electron chi connectivity index (χ4n) is 3.09. The fourth-order valence-corrected chi connectivity index (χ4v) is 4.01. The Morgan fingerprint density at radius 1 is 1.14 bits per heavy atom. The van der Waals surface area contributed by atoms with Crippen molar-refractivity contribution in [3.63, 3.8) is 0 Å². The van der Waals surface area contributed by atoms with Gasteiger partial charge in [-0.05, 0) is 31.2 Å². The van der Waals surface area contributed by atoms with Crippen molar-refractivity contribution >= 4 is 23.6 Å². The van der Waals surface area contributed by atoms with E-state index in [9.17, 15) is 4.79 Å². The number of furan rings is 1. The molecule has 6 nitrogen and oxygen atoms in total. The van der Waals surface area contributed by atoms with Gasteiger partial charge in [-0.3, -0.25) is 9.79 Å². The van der Waals surface area contributed by atoms with Gasteiger partial charge in [0.2, 0.25) is 0 Å². The van der Waals surface area contributed by atoms with E-state index in [1.165, 1.54) is 11.2 Å². The third-order valence-electron chi connectivity index (χ3n) is 4.51. The topological polar surface area (TPSA) is 61.1 Å². The first kappa shape index (κ1) is 20.3. The van der Waals surface area contributed by atoms with Crippen LogP contribution in [0, 0.1) is 0 Å². The number of hydrogen-bond acceptors (Lipinski definition) is 4. The molecule has 2 heterocycles. The normalized spacial score (nSPS) is 16.1. The molecule has 0 aliphatic carbocycles. The summed E-state index contributed by atoms with van der Waals surface area (Å²) in [5.74, 6) is 1.29. The number of hydrogen-bond donors (Lipinski definition) is 1. The summed E-state index contributed by atoms with van der Waals surface area (Å²) >= 11 is 1.84. The van der Waals surface area contributed by atoms with Crippen molar-refractivity contribution in [1.29, 1.82) is 0 Å². The van der Waals surface area contributed by atoms with Gasteiger partial charge < -0.3 is 19.5 Å². The molecule has 1 N–H and O–H groups in total. The number of rotatable bonds is 6. The minimum Gasteiger partial charge on any atom is -0.459 e. The van der Waals surface area contributed by atoms with Crippen molar-refractivity contribution in [3.8, 4) is 0 Å². The summed E-state index contributed by atoms with van der Waals surface area (Å²) in [6.07, 6.45) is 1.54. The fraction of sp³-hybridized carbons (Fsp3) is 0.429. The average molecular weight is 401 g/mol. The lowest BCUT2D eigenvalue weighted by Gasteiger charge is -2.36. The van der Waals surface area contributed by atoms with Crippen LogP contribution in [0.15, 0.2) is 63.0 Å². The monoisotopic (exact) mass is 400 g/mol. The zero-order valence-electron chi connectivity index (χ0n) is 16.5. The van der Waals surface area contributed by atoms with Gasteiger partial charge in [-0.25, -0.2) is 0 Å². The van der Waals surface area contributed by atoms with Crippen LogP contribution in [0.2, 0.25) is 0 Å². The van der Waals surface area contributed by atoms with E-state index in [4.69, 9.17) is 9.41 Å². The average Bonchev–Trinajstić information content (AvgIpc) is 3.26.